The summed E-state index contributed by atoms with van der Waals surface area (Å²) in [5, 5.41) is 15.1. The van der Waals surface area contributed by atoms with Gasteiger partial charge in [-0.1, -0.05) is 6.07 Å². The van der Waals surface area contributed by atoms with E-state index in [4.69, 9.17) is 10.00 Å². The molecule has 1 aliphatic rings. The Hall–Kier alpha value is -2.72. The Bertz CT molecular complexity index is 935. The summed E-state index contributed by atoms with van der Waals surface area (Å²) in [5.74, 6) is -0.440. The highest BCUT2D eigenvalue weighted by molar-refractivity contribution is 7.13. The number of carbonyl (C=O) groups is 1. The number of thiophene rings is 1. The van der Waals surface area contributed by atoms with Gasteiger partial charge in [0.2, 0.25) is 0 Å². The molecule has 1 fully saturated rings. The number of aromatic nitrogens is 3. The van der Waals surface area contributed by atoms with Crippen molar-refractivity contribution in [3.8, 4) is 16.6 Å². The zero-order chi connectivity index (χ0) is 16.6. The molecule has 4 rings (SSSR count). The molecule has 6 nitrogen and oxygen atoms in total. The van der Waals surface area contributed by atoms with E-state index in [1.807, 2.05) is 23.6 Å². The molecule has 0 saturated heterocycles. The molecule has 1 saturated carbocycles. The van der Waals surface area contributed by atoms with Crippen LogP contribution in [-0.4, -0.2) is 27.2 Å². The molecule has 0 N–H and O–H groups in total. The SMILES string of the molecule is N#CCC1(COC(=O)c2cnn3c(-c4cccs4)ccnc23)CC1. The molecule has 0 bridgehead atoms. The lowest BCUT2D eigenvalue weighted by Gasteiger charge is -2.10. The van der Waals surface area contributed by atoms with Crippen LogP contribution in [0.3, 0.4) is 0 Å². The molecule has 3 aromatic rings. The number of nitrogens with zero attached hydrogens (tertiary/aromatic N) is 4. The minimum atomic E-state index is -0.440. The second-order valence-corrected chi connectivity index (χ2v) is 6.96. The summed E-state index contributed by atoms with van der Waals surface area (Å²) < 4.78 is 7.08. The number of fused-ring (bicyclic) bond motifs is 1. The summed E-state index contributed by atoms with van der Waals surface area (Å²) in [6.07, 6.45) is 5.45. The summed E-state index contributed by atoms with van der Waals surface area (Å²) in [5.41, 5.74) is 1.58. The normalized spacial score (nSPS) is 15.1. The zero-order valence-electron chi connectivity index (χ0n) is 12.8. The fraction of sp³-hybridized carbons (Fsp3) is 0.294. The second kappa shape index (κ2) is 5.73. The van der Waals surface area contributed by atoms with Gasteiger partial charge in [-0.05, 0) is 30.4 Å². The van der Waals surface area contributed by atoms with E-state index in [-0.39, 0.29) is 12.0 Å². The average Bonchev–Trinajstić information content (AvgIpc) is 3.03. The second-order valence-electron chi connectivity index (χ2n) is 6.01. The van der Waals surface area contributed by atoms with E-state index in [9.17, 15) is 4.79 Å². The van der Waals surface area contributed by atoms with E-state index in [0.717, 1.165) is 23.4 Å². The van der Waals surface area contributed by atoms with Gasteiger partial charge in [0.25, 0.3) is 0 Å². The lowest BCUT2D eigenvalue weighted by atomic mass is 10.1. The Labute approximate surface area is 142 Å². The number of ether oxygens (including phenoxy) is 1. The minimum Gasteiger partial charge on any atom is -0.461 e. The number of carbonyl (C=O) groups excluding carboxylic acids is 1. The van der Waals surface area contributed by atoms with Crippen molar-refractivity contribution in [3.63, 3.8) is 0 Å². The zero-order valence-corrected chi connectivity index (χ0v) is 13.6. The fourth-order valence-corrected chi connectivity index (χ4v) is 3.40. The molecule has 0 unspecified atom stereocenters. The van der Waals surface area contributed by atoms with Gasteiger partial charge in [-0.25, -0.2) is 14.3 Å². The van der Waals surface area contributed by atoms with Gasteiger partial charge in [0.15, 0.2) is 5.65 Å². The van der Waals surface area contributed by atoms with Gasteiger partial charge >= 0.3 is 5.97 Å². The molecule has 120 valence electrons. The summed E-state index contributed by atoms with van der Waals surface area (Å²) >= 11 is 1.60. The molecule has 3 aromatic heterocycles. The van der Waals surface area contributed by atoms with Gasteiger partial charge in [0.05, 0.1) is 29.4 Å². The molecule has 0 radical (unpaired) electrons. The van der Waals surface area contributed by atoms with Crippen LogP contribution < -0.4 is 0 Å². The standard InChI is InChI=1S/C17H14N4O2S/c18-7-6-17(4-5-17)11-23-16(22)12-10-20-21-13(3-8-19-15(12)21)14-2-1-9-24-14/h1-3,8-10H,4-6,11H2. The fourth-order valence-electron chi connectivity index (χ4n) is 2.66. The van der Waals surface area contributed by atoms with Crippen molar-refractivity contribution in [1.29, 1.82) is 5.26 Å². The van der Waals surface area contributed by atoms with Gasteiger partial charge in [-0.2, -0.15) is 10.4 Å². The van der Waals surface area contributed by atoms with E-state index < -0.39 is 5.97 Å². The lowest BCUT2D eigenvalue weighted by Crippen LogP contribution is -2.15. The molecule has 7 heteroatoms. The monoisotopic (exact) mass is 338 g/mol. The van der Waals surface area contributed by atoms with Crippen LogP contribution in [0.5, 0.6) is 0 Å². The number of nitriles is 1. The first kappa shape index (κ1) is 14.8. The summed E-state index contributed by atoms with van der Waals surface area (Å²) in [4.78, 5) is 17.7. The van der Waals surface area contributed by atoms with Crippen LogP contribution in [0.1, 0.15) is 29.6 Å². The number of rotatable bonds is 5. The third kappa shape index (κ3) is 2.55. The highest BCUT2D eigenvalue weighted by Gasteiger charge is 2.44. The van der Waals surface area contributed by atoms with Crippen molar-refractivity contribution < 1.29 is 9.53 Å². The van der Waals surface area contributed by atoms with E-state index in [2.05, 4.69) is 16.2 Å². The molecule has 1 aliphatic carbocycles. The first-order valence-electron chi connectivity index (χ1n) is 7.63. The van der Waals surface area contributed by atoms with Crippen molar-refractivity contribution in [2.75, 3.05) is 6.61 Å². The van der Waals surface area contributed by atoms with Crippen LogP contribution in [-0.2, 0) is 4.74 Å². The summed E-state index contributed by atoms with van der Waals surface area (Å²) in [6, 6.07) is 8.00. The minimum absolute atomic E-state index is 0.136. The van der Waals surface area contributed by atoms with Gasteiger partial charge < -0.3 is 4.74 Å². The predicted octanol–water partition coefficient (Wildman–Crippen LogP) is 3.31. The van der Waals surface area contributed by atoms with Crippen LogP contribution in [0.25, 0.3) is 16.2 Å². The van der Waals surface area contributed by atoms with E-state index in [1.54, 1.807) is 22.0 Å². The Morgan fingerprint density at radius 3 is 3.04 bits per heavy atom. The number of esters is 1. The van der Waals surface area contributed by atoms with Crippen LogP contribution in [0, 0.1) is 16.7 Å². The Kier molecular flexibility index (Phi) is 3.54. The molecule has 3 heterocycles. The van der Waals surface area contributed by atoms with Crippen LogP contribution in [0.2, 0.25) is 0 Å². The van der Waals surface area contributed by atoms with Gasteiger partial charge in [-0.3, -0.25) is 0 Å². The summed E-state index contributed by atoms with van der Waals surface area (Å²) in [7, 11) is 0. The molecular formula is C17H14N4O2S. The first-order valence-corrected chi connectivity index (χ1v) is 8.51. The molecule has 0 aliphatic heterocycles. The van der Waals surface area contributed by atoms with Crippen molar-refractivity contribution in [1.82, 2.24) is 14.6 Å². The van der Waals surface area contributed by atoms with Crippen LogP contribution in [0.4, 0.5) is 0 Å². The molecule has 0 amide bonds. The van der Waals surface area contributed by atoms with Crippen LogP contribution >= 0.6 is 11.3 Å². The van der Waals surface area contributed by atoms with Crippen molar-refractivity contribution in [3.05, 3.63) is 41.5 Å². The Morgan fingerprint density at radius 2 is 2.33 bits per heavy atom. The van der Waals surface area contributed by atoms with Crippen LogP contribution in [0.15, 0.2) is 36.0 Å². The van der Waals surface area contributed by atoms with E-state index >= 15 is 0 Å². The first-order chi connectivity index (χ1) is 11.7. The third-order valence-corrected chi connectivity index (χ3v) is 5.21. The molecular weight excluding hydrogens is 324 g/mol. The van der Waals surface area contributed by atoms with Gasteiger partial charge in [-0.15, -0.1) is 11.3 Å². The molecule has 24 heavy (non-hydrogen) atoms. The number of hydrogen-bond donors (Lipinski definition) is 0. The topological polar surface area (TPSA) is 80.3 Å². The predicted molar refractivity (Wildman–Crippen MR) is 88.5 cm³/mol. The van der Waals surface area contributed by atoms with Gasteiger partial charge in [0, 0.05) is 18.0 Å². The largest absolute Gasteiger partial charge is 0.461 e. The number of hydrogen-bond acceptors (Lipinski definition) is 6. The molecule has 0 atom stereocenters. The Balaban J connectivity index is 1.60. The van der Waals surface area contributed by atoms with Crippen molar-refractivity contribution in [2.24, 2.45) is 5.41 Å². The molecule has 0 spiro atoms. The van der Waals surface area contributed by atoms with E-state index in [1.165, 1.54) is 6.20 Å². The Morgan fingerprint density at radius 1 is 1.46 bits per heavy atom. The smallest absolute Gasteiger partial charge is 0.343 e. The van der Waals surface area contributed by atoms with Crippen molar-refractivity contribution >= 4 is 23.0 Å². The van der Waals surface area contributed by atoms with Gasteiger partial charge in [0.1, 0.15) is 5.56 Å². The van der Waals surface area contributed by atoms with E-state index in [0.29, 0.717) is 17.6 Å². The highest BCUT2D eigenvalue weighted by Crippen LogP contribution is 2.48. The highest BCUT2D eigenvalue weighted by atomic mass is 32.1. The maximum Gasteiger partial charge on any atom is 0.343 e. The molecule has 0 aromatic carbocycles. The summed E-state index contributed by atoms with van der Waals surface area (Å²) in [6.45, 7) is 0.279. The maximum atomic E-state index is 12.4. The maximum absolute atomic E-state index is 12.4. The van der Waals surface area contributed by atoms with Crippen molar-refractivity contribution in [2.45, 2.75) is 19.3 Å². The lowest BCUT2D eigenvalue weighted by molar-refractivity contribution is 0.0421. The third-order valence-electron chi connectivity index (χ3n) is 4.32. The quantitative estimate of drug-likeness (QED) is 0.667. The average molecular weight is 338 g/mol.